The minimum Gasteiger partial charge on any atom is -0.480 e. The van der Waals surface area contributed by atoms with Gasteiger partial charge in [-0.1, -0.05) is 28.1 Å². The first-order valence-electron chi connectivity index (χ1n) is 8.83. The van der Waals surface area contributed by atoms with Gasteiger partial charge in [0, 0.05) is 17.2 Å². The standard InChI is InChI=1S/C19H22BrN5O4/c20-13-7-5-12(6-8-13)11-25-10-2-3-14(17(25)27)16(26)24-15(18(28)29)4-1-9-23-19(21)22/h2-3,5-8,10,15H,1,4,9,11H2,(H,24,26)(H,28,29)(H4,21,22,23)/t15-/m0/s1. The molecule has 2 aromatic rings. The highest BCUT2D eigenvalue weighted by Gasteiger charge is 2.22. The van der Waals surface area contributed by atoms with Crippen molar-refractivity contribution < 1.29 is 14.7 Å². The van der Waals surface area contributed by atoms with Gasteiger partial charge in [-0.15, -0.1) is 0 Å². The number of hydrogen-bond donors (Lipinski definition) is 5. The number of carbonyl (C=O) groups is 2. The molecule has 0 aliphatic heterocycles. The Morgan fingerprint density at radius 1 is 1.24 bits per heavy atom. The van der Waals surface area contributed by atoms with Gasteiger partial charge in [-0.25, -0.2) is 4.79 Å². The summed E-state index contributed by atoms with van der Waals surface area (Å²) in [5, 5.41) is 21.4. The lowest BCUT2D eigenvalue weighted by atomic mass is 10.1. The summed E-state index contributed by atoms with van der Waals surface area (Å²) < 4.78 is 2.31. The lowest BCUT2D eigenvalue weighted by Gasteiger charge is -2.15. The minimum atomic E-state index is -1.20. The predicted octanol–water partition coefficient (Wildman–Crippen LogP) is 1.11. The first-order chi connectivity index (χ1) is 13.8. The third-order valence-corrected chi connectivity index (χ3v) is 4.65. The minimum absolute atomic E-state index is 0.126. The van der Waals surface area contributed by atoms with Gasteiger partial charge >= 0.3 is 5.97 Å². The van der Waals surface area contributed by atoms with E-state index in [1.807, 2.05) is 24.3 Å². The van der Waals surface area contributed by atoms with Gasteiger partial charge in [0.2, 0.25) is 0 Å². The Balaban J connectivity index is 2.08. The van der Waals surface area contributed by atoms with Crippen LogP contribution >= 0.6 is 15.9 Å². The smallest absolute Gasteiger partial charge is 0.326 e. The van der Waals surface area contributed by atoms with Crippen LogP contribution in [0.1, 0.15) is 28.8 Å². The van der Waals surface area contributed by atoms with Gasteiger partial charge in [-0.2, -0.15) is 0 Å². The van der Waals surface area contributed by atoms with Crippen LogP contribution in [0.25, 0.3) is 0 Å². The molecule has 10 heteroatoms. The molecule has 9 nitrogen and oxygen atoms in total. The molecule has 1 atom stereocenters. The average molecular weight is 464 g/mol. The second-order valence-electron chi connectivity index (χ2n) is 6.33. The van der Waals surface area contributed by atoms with E-state index >= 15 is 0 Å². The number of pyridine rings is 1. The number of guanidine groups is 1. The van der Waals surface area contributed by atoms with E-state index in [2.05, 4.69) is 26.6 Å². The molecule has 0 aliphatic rings. The Hall–Kier alpha value is -3.14. The highest BCUT2D eigenvalue weighted by atomic mass is 79.9. The molecule has 29 heavy (non-hydrogen) atoms. The fourth-order valence-electron chi connectivity index (χ4n) is 2.64. The number of benzene rings is 1. The summed E-state index contributed by atoms with van der Waals surface area (Å²) in [7, 11) is 0. The van der Waals surface area contributed by atoms with E-state index in [1.165, 1.54) is 10.6 Å². The van der Waals surface area contributed by atoms with E-state index in [1.54, 1.807) is 12.3 Å². The summed E-state index contributed by atoms with van der Waals surface area (Å²) in [5.41, 5.74) is 5.42. The van der Waals surface area contributed by atoms with Crippen LogP contribution in [-0.4, -0.2) is 40.1 Å². The maximum absolute atomic E-state index is 12.7. The van der Waals surface area contributed by atoms with Gasteiger partial charge in [-0.3, -0.25) is 15.0 Å². The van der Waals surface area contributed by atoms with Gasteiger partial charge in [0.1, 0.15) is 11.6 Å². The summed E-state index contributed by atoms with van der Waals surface area (Å²) in [4.78, 5) is 36.6. The molecule has 1 heterocycles. The van der Waals surface area contributed by atoms with Gasteiger partial charge in [0.15, 0.2) is 5.96 Å². The van der Waals surface area contributed by atoms with Crippen LogP contribution in [0.2, 0.25) is 0 Å². The second-order valence-corrected chi connectivity index (χ2v) is 7.24. The number of nitrogens with zero attached hydrogens (tertiary/aromatic N) is 1. The molecular weight excluding hydrogens is 442 g/mol. The summed E-state index contributed by atoms with van der Waals surface area (Å²) in [6.07, 6.45) is 2.07. The molecule has 0 aliphatic carbocycles. The van der Waals surface area contributed by atoms with Crippen LogP contribution in [0, 0.1) is 5.41 Å². The summed E-state index contributed by atoms with van der Waals surface area (Å²) in [5.74, 6) is -2.16. The van der Waals surface area contributed by atoms with Crippen molar-refractivity contribution in [1.82, 2.24) is 15.2 Å². The normalized spacial score (nSPS) is 11.5. The molecule has 1 aromatic heterocycles. The molecule has 0 bridgehead atoms. The second kappa shape index (κ2) is 10.4. The molecule has 0 saturated heterocycles. The van der Waals surface area contributed by atoms with E-state index in [0.717, 1.165) is 10.0 Å². The van der Waals surface area contributed by atoms with Gasteiger partial charge in [0.25, 0.3) is 11.5 Å². The van der Waals surface area contributed by atoms with Crippen LogP contribution in [0.4, 0.5) is 0 Å². The Bertz CT molecular complexity index is 942. The highest BCUT2D eigenvalue weighted by molar-refractivity contribution is 9.10. The maximum atomic E-state index is 12.7. The number of aliphatic carboxylic acids is 1. The van der Waals surface area contributed by atoms with Crippen LogP contribution in [-0.2, 0) is 11.3 Å². The quantitative estimate of drug-likeness (QED) is 0.213. The first-order valence-corrected chi connectivity index (χ1v) is 9.62. The molecule has 0 radical (unpaired) electrons. The van der Waals surface area contributed by atoms with Crippen molar-refractivity contribution in [2.45, 2.75) is 25.4 Å². The number of carboxylic acid groups (broad SMARTS) is 1. The van der Waals surface area contributed by atoms with Gasteiger partial charge < -0.3 is 26.0 Å². The lowest BCUT2D eigenvalue weighted by Crippen LogP contribution is -2.43. The van der Waals surface area contributed by atoms with Crippen LogP contribution in [0.5, 0.6) is 0 Å². The molecule has 0 saturated carbocycles. The summed E-state index contributed by atoms with van der Waals surface area (Å²) in [6, 6.07) is 9.21. The van der Waals surface area contributed by atoms with Crippen molar-refractivity contribution in [3.8, 4) is 0 Å². The van der Waals surface area contributed by atoms with Crippen molar-refractivity contribution in [3.05, 3.63) is 68.5 Å². The van der Waals surface area contributed by atoms with Crippen LogP contribution < -0.4 is 21.9 Å². The topological polar surface area (TPSA) is 150 Å². The number of halogens is 1. The summed E-state index contributed by atoms with van der Waals surface area (Å²) in [6.45, 7) is 0.590. The van der Waals surface area contributed by atoms with Crippen LogP contribution in [0.3, 0.4) is 0 Å². The van der Waals surface area contributed by atoms with E-state index in [9.17, 15) is 19.5 Å². The number of carbonyl (C=O) groups excluding carboxylic acids is 1. The number of nitrogens with two attached hydrogens (primary N) is 1. The molecule has 154 valence electrons. The zero-order chi connectivity index (χ0) is 21.4. The number of hydrogen-bond acceptors (Lipinski definition) is 4. The van der Waals surface area contributed by atoms with Gasteiger partial charge in [0.05, 0.1) is 6.54 Å². The Morgan fingerprint density at radius 3 is 2.55 bits per heavy atom. The number of aromatic nitrogens is 1. The molecule has 0 fully saturated rings. The van der Waals surface area contributed by atoms with E-state index in [-0.39, 0.29) is 24.5 Å². The number of amides is 1. The van der Waals surface area contributed by atoms with E-state index < -0.39 is 23.5 Å². The first kappa shape index (κ1) is 22.2. The predicted molar refractivity (Wildman–Crippen MR) is 112 cm³/mol. The molecule has 0 unspecified atom stereocenters. The fourth-order valence-corrected chi connectivity index (χ4v) is 2.91. The van der Waals surface area contributed by atoms with Gasteiger partial charge in [-0.05, 0) is 42.7 Å². The number of nitrogens with one attached hydrogen (secondary N) is 3. The fraction of sp³-hybridized carbons (Fsp3) is 0.263. The van der Waals surface area contributed by atoms with Crippen molar-refractivity contribution in [1.29, 1.82) is 5.41 Å². The number of carboxylic acids is 1. The molecule has 2 rings (SSSR count). The number of rotatable bonds is 9. The van der Waals surface area contributed by atoms with Crippen molar-refractivity contribution in [2.24, 2.45) is 5.73 Å². The zero-order valence-electron chi connectivity index (χ0n) is 15.5. The maximum Gasteiger partial charge on any atom is 0.326 e. The molecule has 1 aromatic carbocycles. The van der Waals surface area contributed by atoms with Crippen LogP contribution in [0.15, 0.2) is 51.9 Å². The van der Waals surface area contributed by atoms with Crippen molar-refractivity contribution >= 4 is 33.8 Å². The largest absolute Gasteiger partial charge is 0.480 e. The lowest BCUT2D eigenvalue weighted by molar-refractivity contribution is -0.139. The monoisotopic (exact) mass is 463 g/mol. The third kappa shape index (κ3) is 6.75. The van der Waals surface area contributed by atoms with Crippen molar-refractivity contribution in [2.75, 3.05) is 6.54 Å². The summed E-state index contributed by atoms with van der Waals surface area (Å²) >= 11 is 3.35. The Kier molecular flexibility index (Phi) is 7.96. The highest BCUT2D eigenvalue weighted by Crippen LogP contribution is 2.11. The van der Waals surface area contributed by atoms with Crippen molar-refractivity contribution in [3.63, 3.8) is 0 Å². The van der Waals surface area contributed by atoms with E-state index in [4.69, 9.17) is 11.1 Å². The molecule has 1 amide bonds. The average Bonchev–Trinajstić information content (AvgIpc) is 2.67. The molecule has 0 spiro atoms. The molecular formula is C19H22BrN5O4. The SMILES string of the molecule is N=C(N)NCCC[C@H](NC(=O)c1cccn(Cc2ccc(Br)cc2)c1=O)C(=O)O. The third-order valence-electron chi connectivity index (χ3n) is 4.12. The Morgan fingerprint density at radius 2 is 1.93 bits per heavy atom. The van der Waals surface area contributed by atoms with E-state index in [0.29, 0.717) is 13.0 Å². The zero-order valence-corrected chi connectivity index (χ0v) is 17.1. The molecule has 6 N–H and O–H groups in total. The Labute approximate surface area is 175 Å².